The van der Waals surface area contributed by atoms with Crippen LogP contribution in [0.4, 0.5) is 0 Å². The van der Waals surface area contributed by atoms with Gasteiger partial charge >= 0.3 is 39.5 Å². The molecule has 3 unspecified atom stereocenters. The van der Waals surface area contributed by atoms with Crippen LogP contribution < -0.4 is 0 Å². The lowest BCUT2D eigenvalue weighted by Crippen LogP contribution is -2.30. The monoisotopic (exact) mass is 1440 g/mol. The molecule has 98 heavy (non-hydrogen) atoms. The summed E-state index contributed by atoms with van der Waals surface area (Å²) >= 11 is 0. The summed E-state index contributed by atoms with van der Waals surface area (Å²) in [5.41, 5.74) is 0. The number of phosphoric ester groups is 2. The Morgan fingerprint density at radius 1 is 0.296 bits per heavy atom. The van der Waals surface area contributed by atoms with Crippen molar-refractivity contribution in [2.45, 2.75) is 432 Å². The van der Waals surface area contributed by atoms with Crippen LogP contribution in [0, 0.1) is 11.8 Å². The number of phosphoric acid groups is 2. The minimum absolute atomic E-state index is 0.106. The highest BCUT2D eigenvalue weighted by Gasteiger charge is 2.30. The molecule has 0 aliphatic rings. The van der Waals surface area contributed by atoms with E-state index in [1.807, 2.05) is 0 Å². The SMILES string of the molecule is CCCCCCCCCCCCCCCCCCCC(=O)O[C@H](COC(=O)CCCCCCCCCCCCCCCCC)COP(=O)(O)OC[C@@H](O)COP(=O)(O)OC[C@@H](COC(=O)CCCCCCCCCCC(C)CC)OC(=O)CCCCCCCCCCCCCC(C)C. The van der Waals surface area contributed by atoms with Crippen LogP contribution in [0.15, 0.2) is 0 Å². The van der Waals surface area contributed by atoms with E-state index in [2.05, 4.69) is 41.5 Å². The maximum Gasteiger partial charge on any atom is 0.472 e. The molecule has 0 radical (unpaired) electrons. The number of carbonyl (C=O) groups is 4. The van der Waals surface area contributed by atoms with Gasteiger partial charge in [0.05, 0.1) is 26.4 Å². The number of hydrogen-bond acceptors (Lipinski definition) is 15. The maximum absolute atomic E-state index is 13.1. The smallest absolute Gasteiger partial charge is 0.462 e. The van der Waals surface area contributed by atoms with Crippen LogP contribution in [0.25, 0.3) is 0 Å². The number of unbranched alkanes of at least 4 members (excludes halogenated alkanes) is 47. The average molecular weight is 1440 g/mol. The zero-order valence-corrected chi connectivity index (χ0v) is 65.9. The van der Waals surface area contributed by atoms with Crippen molar-refractivity contribution in [2.24, 2.45) is 11.8 Å². The lowest BCUT2D eigenvalue weighted by Gasteiger charge is -2.21. The van der Waals surface area contributed by atoms with E-state index in [9.17, 15) is 43.2 Å². The second-order valence-corrected chi connectivity index (χ2v) is 32.1. The topological polar surface area (TPSA) is 237 Å². The first-order valence-corrected chi connectivity index (χ1v) is 44.0. The van der Waals surface area contributed by atoms with Crippen LogP contribution in [-0.4, -0.2) is 96.7 Å². The minimum Gasteiger partial charge on any atom is -0.462 e. The maximum atomic E-state index is 13.1. The third kappa shape index (κ3) is 71.1. The molecule has 0 saturated carbocycles. The first-order valence-electron chi connectivity index (χ1n) is 41.0. The molecular weight excluding hydrogens is 1280 g/mol. The van der Waals surface area contributed by atoms with Gasteiger partial charge in [-0.25, -0.2) is 9.13 Å². The number of aliphatic hydroxyl groups excluding tert-OH is 1. The van der Waals surface area contributed by atoms with E-state index in [-0.39, 0.29) is 25.7 Å². The average Bonchev–Trinajstić information content (AvgIpc) is 1.04. The lowest BCUT2D eigenvalue weighted by molar-refractivity contribution is -0.161. The summed E-state index contributed by atoms with van der Waals surface area (Å²) in [5, 5.41) is 10.6. The fourth-order valence-corrected chi connectivity index (χ4v) is 13.7. The van der Waals surface area contributed by atoms with Crippen molar-refractivity contribution in [1.29, 1.82) is 0 Å². The van der Waals surface area contributed by atoms with Crippen molar-refractivity contribution in [3.05, 3.63) is 0 Å². The number of carbonyl (C=O) groups excluding carboxylic acids is 4. The Balaban J connectivity index is 5.27. The van der Waals surface area contributed by atoms with Gasteiger partial charge in [0.15, 0.2) is 12.2 Å². The highest BCUT2D eigenvalue weighted by molar-refractivity contribution is 7.47. The molecule has 19 heteroatoms. The van der Waals surface area contributed by atoms with Gasteiger partial charge in [0.2, 0.25) is 0 Å². The van der Waals surface area contributed by atoms with Crippen molar-refractivity contribution < 1.29 is 80.2 Å². The molecular formula is C79H154O17P2. The normalized spacial score (nSPS) is 14.2. The minimum atomic E-state index is -4.96. The molecule has 17 nitrogen and oxygen atoms in total. The number of ether oxygens (including phenoxy) is 4. The molecule has 0 aromatic heterocycles. The first-order chi connectivity index (χ1) is 47.4. The quantitative estimate of drug-likeness (QED) is 0.0222. The van der Waals surface area contributed by atoms with Crippen LogP contribution in [0.2, 0.25) is 0 Å². The summed E-state index contributed by atoms with van der Waals surface area (Å²) < 4.78 is 68.7. The van der Waals surface area contributed by atoms with Crippen molar-refractivity contribution in [3.8, 4) is 0 Å². The molecule has 0 aromatic rings. The molecule has 0 aromatic carbocycles. The number of aliphatic hydroxyl groups is 1. The molecule has 0 spiro atoms. The second kappa shape index (κ2) is 70.7. The number of esters is 4. The van der Waals surface area contributed by atoms with E-state index >= 15 is 0 Å². The first kappa shape index (κ1) is 96.1. The predicted octanol–water partition coefficient (Wildman–Crippen LogP) is 23.5. The van der Waals surface area contributed by atoms with Crippen molar-refractivity contribution >= 4 is 39.5 Å². The molecule has 6 atom stereocenters. The molecule has 0 amide bonds. The molecule has 582 valence electrons. The van der Waals surface area contributed by atoms with Gasteiger partial charge in [-0.2, -0.15) is 0 Å². The van der Waals surface area contributed by atoms with Gasteiger partial charge in [-0.1, -0.05) is 363 Å². The van der Waals surface area contributed by atoms with Gasteiger partial charge in [-0.15, -0.1) is 0 Å². The summed E-state index contributed by atoms with van der Waals surface area (Å²) in [4.78, 5) is 73.0. The standard InChI is InChI=1S/C79H154O17P2/c1-7-10-12-14-16-18-20-22-24-25-27-29-33-37-45-51-57-63-78(83)95-74(67-89-76(81)61-55-49-43-36-32-28-26-23-21-19-17-15-13-11-8-2)69-93-97(85,86)91-65-73(80)66-92-98(87,88)94-70-75(68-90-77(82)62-56-50-44-40-39-42-48-54-60-72(6)9-3)96-79(84)64-58-52-46-38-34-30-31-35-41-47-53-59-71(4)5/h71-75,80H,7-70H2,1-6H3,(H,85,86)(H,87,88)/t72?,73-,74-,75-/m1/s1. The molecule has 0 aliphatic carbocycles. The zero-order chi connectivity index (χ0) is 72.1. The highest BCUT2D eigenvalue weighted by Crippen LogP contribution is 2.45. The number of rotatable bonds is 78. The Hall–Kier alpha value is -1.94. The van der Waals surface area contributed by atoms with Gasteiger partial charge in [-0.3, -0.25) is 37.3 Å². The van der Waals surface area contributed by atoms with Crippen LogP contribution >= 0.6 is 15.6 Å². The van der Waals surface area contributed by atoms with Gasteiger partial charge in [0.1, 0.15) is 19.3 Å². The lowest BCUT2D eigenvalue weighted by atomic mass is 9.99. The summed E-state index contributed by atoms with van der Waals surface area (Å²) in [6.45, 7) is 9.63. The van der Waals surface area contributed by atoms with E-state index in [0.717, 1.165) is 102 Å². The van der Waals surface area contributed by atoms with Gasteiger partial charge < -0.3 is 33.8 Å². The molecule has 0 saturated heterocycles. The van der Waals surface area contributed by atoms with E-state index < -0.39 is 97.5 Å². The zero-order valence-electron chi connectivity index (χ0n) is 64.1. The van der Waals surface area contributed by atoms with Crippen LogP contribution in [0.3, 0.4) is 0 Å². The third-order valence-corrected chi connectivity index (χ3v) is 20.7. The Labute approximate surface area is 600 Å². The van der Waals surface area contributed by atoms with E-state index in [0.29, 0.717) is 25.7 Å². The van der Waals surface area contributed by atoms with Crippen LogP contribution in [0.1, 0.15) is 414 Å². The van der Waals surface area contributed by atoms with Crippen LogP contribution in [0.5, 0.6) is 0 Å². The fourth-order valence-electron chi connectivity index (χ4n) is 12.2. The second-order valence-electron chi connectivity index (χ2n) is 29.2. The van der Waals surface area contributed by atoms with Crippen molar-refractivity contribution in [3.63, 3.8) is 0 Å². The van der Waals surface area contributed by atoms with Gasteiger partial charge in [0.25, 0.3) is 0 Å². The predicted molar refractivity (Wildman–Crippen MR) is 400 cm³/mol. The Morgan fingerprint density at radius 3 is 0.776 bits per heavy atom. The summed E-state index contributed by atoms with van der Waals surface area (Å²) in [5.74, 6) is -0.567. The molecule has 0 rings (SSSR count). The largest absolute Gasteiger partial charge is 0.472 e. The van der Waals surface area contributed by atoms with Crippen molar-refractivity contribution in [2.75, 3.05) is 39.6 Å². The summed E-state index contributed by atoms with van der Waals surface area (Å²) in [7, 11) is -9.92. The van der Waals surface area contributed by atoms with E-state index in [1.165, 1.54) is 231 Å². The Bertz CT molecular complexity index is 1890. The summed E-state index contributed by atoms with van der Waals surface area (Å²) in [6.07, 6.45) is 59.5. The Morgan fingerprint density at radius 2 is 0.520 bits per heavy atom. The highest BCUT2D eigenvalue weighted by atomic mass is 31.2. The molecule has 0 bridgehead atoms. The number of hydrogen-bond donors (Lipinski definition) is 3. The summed E-state index contributed by atoms with van der Waals surface area (Å²) in [6, 6.07) is 0. The molecule has 0 fully saturated rings. The van der Waals surface area contributed by atoms with E-state index in [1.54, 1.807) is 0 Å². The fraction of sp³-hybridized carbons (Fsp3) is 0.949. The Kier molecular flexibility index (Phi) is 69.3. The van der Waals surface area contributed by atoms with E-state index in [4.69, 9.17) is 37.0 Å². The molecule has 3 N–H and O–H groups in total. The van der Waals surface area contributed by atoms with Crippen molar-refractivity contribution in [1.82, 2.24) is 0 Å². The molecule has 0 heterocycles. The van der Waals surface area contributed by atoms with Gasteiger partial charge in [-0.05, 0) is 37.5 Å². The third-order valence-electron chi connectivity index (χ3n) is 18.8. The van der Waals surface area contributed by atoms with Crippen LogP contribution in [-0.2, 0) is 65.4 Å². The van der Waals surface area contributed by atoms with Gasteiger partial charge in [0, 0.05) is 25.7 Å². The molecule has 0 aliphatic heterocycles.